The summed E-state index contributed by atoms with van der Waals surface area (Å²) >= 11 is 0. The Morgan fingerprint density at radius 1 is 1.50 bits per heavy atom. The van der Waals surface area contributed by atoms with E-state index in [0.29, 0.717) is 11.6 Å². The van der Waals surface area contributed by atoms with Crippen LogP contribution in [0.3, 0.4) is 0 Å². The van der Waals surface area contributed by atoms with Gasteiger partial charge in [-0.05, 0) is 5.92 Å². The third-order valence-corrected chi connectivity index (χ3v) is 0.993. The maximum atomic E-state index is 5.03. The van der Waals surface area contributed by atoms with E-state index in [1.165, 1.54) is 12.4 Å². The summed E-state index contributed by atoms with van der Waals surface area (Å²) in [5.74, 6) is 3.29. The van der Waals surface area contributed by atoms with Gasteiger partial charge in [-0.1, -0.05) is 0 Å². The molecular weight excluding hydrogens is 128 g/mol. The Balaban J connectivity index is 2.93. The zero-order valence-electron chi connectivity index (χ0n) is 5.53. The molecule has 1 aromatic heterocycles. The van der Waals surface area contributed by atoms with Gasteiger partial charge in [0.05, 0.1) is 19.5 Å². The predicted molar refractivity (Wildman–Crippen MR) is 36.5 cm³/mol. The van der Waals surface area contributed by atoms with E-state index in [4.69, 9.17) is 11.2 Å². The lowest BCUT2D eigenvalue weighted by molar-refractivity contribution is 0.410. The summed E-state index contributed by atoms with van der Waals surface area (Å²) in [5, 5.41) is 0. The summed E-state index contributed by atoms with van der Waals surface area (Å²) < 4.78 is 4.82. The first-order valence-electron chi connectivity index (χ1n) is 2.69. The molecular formula is C7H6N2O. The highest BCUT2D eigenvalue weighted by molar-refractivity contribution is 5.19. The lowest BCUT2D eigenvalue weighted by atomic mass is 10.5. The molecule has 0 fully saturated rings. The van der Waals surface area contributed by atoms with Crippen molar-refractivity contribution < 1.29 is 4.74 Å². The Labute approximate surface area is 59.1 Å². The highest BCUT2D eigenvalue weighted by Crippen LogP contribution is 2.02. The molecule has 0 N–H and O–H groups in total. The summed E-state index contributed by atoms with van der Waals surface area (Å²) in [7, 11) is 1.55. The summed E-state index contributed by atoms with van der Waals surface area (Å²) in [5.41, 5.74) is 0. The van der Waals surface area contributed by atoms with Crippen molar-refractivity contribution in [1.82, 2.24) is 9.97 Å². The topological polar surface area (TPSA) is 35.0 Å². The fourth-order valence-corrected chi connectivity index (χ4v) is 0.496. The summed E-state index contributed by atoms with van der Waals surface area (Å²) in [6, 6.07) is 0. The second-order valence-electron chi connectivity index (χ2n) is 1.59. The molecule has 50 valence electrons. The van der Waals surface area contributed by atoms with Crippen LogP contribution in [0.4, 0.5) is 0 Å². The highest BCUT2D eigenvalue weighted by atomic mass is 16.5. The number of ether oxygens (including phenoxy) is 1. The van der Waals surface area contributed by atoms with Crippen LogP contribution in [0.25, 0.3) is 0 Å². The fraction of sp³-hybridized carbons (Fsp3) is 0.143. The molecule has 3 heteroatoms. The minimum absolute atomic E-state index is 0.376. The molecule has 0 amide bonds. The van der Waals surface area contributed by atoms with Crippen LogP contribution in [0.2, 0.25) is 0 Å². The van der Waals surface area contributed by atoms with Crippen molar-refractivity contribution in [2.24, 2.45) is 0 Å². The van der Waals surface area contributed by atoms with E-state index in [0.717, 1.165) is 0 Å². The van der Waals surface area contributed by atoms with Crippen LogP contribution >= 0.6 is 0 Å². The molecule has 1 aromatic rings. The predicted octanol–water partition coefficient (Wildman–Crippen LogP) is 0.466. The van der Waals surface area contributed by atoms with Gasteiger partial charge in [-0.25, -0.2) is 9.97 Å². The van der Waals surface area contributed by atoms with Crippen LogP contribution in [0.1, 0.15) is 5.82 Å². The van der Waals surface area contributed by atoms with Crippen LogP contribution in [-0.2, 0) is 0 Å². The van der Waals surface area contributed by atoms with Crippen LogP contribution in [0.5, 0.6) is 5.75 Å². The van der Waals surface area contributed by atoms with Gasteiger partial charge < -0.3 is 4.74 Å². The number of rotatable bonds is 1. The normalized spacial score (nSPS) is 8.40. The third kappa shape index (κ3) is 1.23. The minimum Gasteiger partial charge on any atom is -0.494 e. The van der Waals surface area contributed by atoms with Gasteiger partial charge in [0.1, 0.15) is 0 Å². The zero-order valence-corrected chi connectivity index (χ0v) is 5.53. The van der Waals surface area contributed by atoms with Gasteiger partial charge in [-0.2, -0.15) is 0 Å². The van der Waals surface area contributed by atoms with E-state index >= 15 is 0 Å². The summed E-state index contributed by atoms with van der Waals surface area (Å²) in [4.78, 5) is 7.59. The van der Waals surface area contributed by atoms with Gasteiger partial charge in [0.15, 0.2) is 5.75 Å². The SMILES string of the molecule is C#Cc1ncc(OC)cn1. The quantitative estimate of drug-likeness (QED) is 0.523. The smallest absolute Gasteiger partial charge is 0.204 e. The molecule has 0 aliphatic carbocycles. The Morgan fingerprint density at radius 2 is 2.10 bits per heavy atom. The van der Waals surface area contributed by atoms with E-state index in [1.54, 1.807) is 7.11 Å². The molecule has 0 radical (unpaired) electrons. The van der Waals surface area contributed by atoms with Gasteiger partial charge >= 0.3 is 0 Å². The van der Waals surface area contributed by atoms with Gasteiger partial charge in [0.25, 0.3) is 0 Å². The molecule has 0 aromatic carbocycles. The number of hydrogen-bond donors (Lipinski definition) is 0. The average molecular weight is 134 g/mol. The lowest BCUT2D eigenvalue weighted by Crippen LogP contribution is -1.89. The van der Waals surface area contributed by atoms with Crippen LogP contribution in [-0.4, -0.2) is 17.1 Å². The molecule has 0 unspecified atom stereocenters. The second-order valence-corrected chi connectivity index (χ2v) is 1.59. The van der Waals surface area contributed by atoms with Crippen molar-refractivity contribution in [3.63, 3.8) is 0 Å². The Hall–Kier alpha value is -1.56. The standard InChI is InChI=1S/C7H6N2O/c1-3-7-8-4-6(10-2)5-9-7/h1,4-5H,2H3. The molecule has 1 heterocycles. The first-order valence-corrected chi connectivity index (χ1v) is 2.69. The van der Waals surface area contributed by atoms with E-state index in [2.05, 4.69) is 15.9 Å². The summed E-state index contributed by atoms with van der Waals surface area (Å²) in [6.07, 6.45) is 8.09. The Kier molecular flexibility index (Phi) is 1.86. The summed E-state index contributed by atoms with van der Waals surface area (Å²) in [6.45, 7) is 0. The number of terminal acetylenes is 1. The van der Waals surface area contributed by atoms with Gasteiger partial charge in [0.2, 0.25) is 5.82 Å². The monoisotopic (exact) mass is 134 g/mol. The first-order chi connectivity index (χ1) is 4.86. The van der Waals surface area contributed by atoms with Crippen LogP contribution in [0, 0.1) is 12.3 Å². The number of aromatic nitrogens is 2. The maximum Gasteiger partial charge on any atom is 0.204 e. The molecule has 0 saturated heterocycles. The van der Waals surface area contributed by atoms with Crippen molar-refractivity contribution in [3.05, 3.63) is 18.2 Å². The second kappa shape index (κ2) is 2.83. The average Bonchev–Trinajstić information content (AvgIpc) is 2.05. The van der Waals surface area contributed by atoms with Crippen molar-refractivity contribution in [3.8, 4) is 18.1 Å². The van der Waals surface area contributed by atoms with Crippen LogP contribution in [0.15, 0.2) is 12.4 Å². The van der Waals surface area contributed by atoms with Crippen LogP contribution < -0.4 is 4.74 Å². The Morgan fingerprint density at radius 3 is 2.50 bits per heavy atom. The van der Waals surface area contributed by atoms with Gasteiger partial charge in [-0.15, -0.1) is 6.42 Å². The van der Waals surface area contributed by atoms with Gasteiger partial charge in [-0.3, -0.25) is 0 Å². The molecule has 0 aliphatic rings. The highest BCUT2D eigenvalue weighted by Gasteiger charge is 1.90. The largest absolute Gasteiger partial charge is 0.494 e. The molecule has 3 nitrogen and oxygen atoms in total. The molecule has 10 heavy (non-hydrogen) atoms. The van der Waals surface area contributed by atoms with Crippen molar-refractivity contribution in [2.75, 3.05) is 7.11 Å². The molecule has 0 saturated carbocycles. The molecule has 0 bridgehead atoms. The number of nitrogens with zero attached hydrogens (tertiary/aromatic N) is 2. The van der Waals surface area contributed by atoms with Crippen molar-refractivity contribution in [2.45, 2.75) is 0 Å². The van der Waals surface area contributed by atoms with E-state index < -0.39 is 0 Å². The number of hydrogen-bond acceptors (Lipinski definition) is 3. The molecule has 0 aliphatic heterocycles. The maximum absolute atomic E-state index is 5.03. The van der Waals surface area contributed by atoms with E-state index in [9.17, 15) is 0 Å². The minimum atomic E-state index is 0.376. The molecule has 0 spiro atoms. The van der Waals surface area contributed by atoms with E-state index in [1.807, 2.05) is 0 Å². The zero-order chi connectivity index (χ0) is 7.40. The molecule has 0 atom stereocenters. The first kappa shape index (κ1) is 6.56. The van der Waals surface area contributed by atoms with Gasteiger partial charge in [0, 0.05) is 0 Å². The van der Waals surface area contributed by atoms with E-state index in [-0.39, 0.29) is 0 Å². The lowest BCUT2D eigenvalue weighted by Gasteiger charge is -1.95. The fourth-order valence-electron chi connectivity index (χ4n) is 0.496. The number of methoxy groups -OCH3 is 1. The van der Waals surface area contributed by atoms with Crippen molar-refractivity contribution >= 4 is 0 Å². The van der Waals surface area contributed by atoms with Crippen molar-refractivity contribution in [1.29, 1.82) is 0 Å². The third-order valence-electron chi connectivity index (χ3n) is 0.993. The molecule has 1 rings (SSSR count). The Bertz CT molecular complexity index is 247.